The normalized spacial score (nSPS) is 22.6. The number of halogens is 2. The highest BCUT2D eigenvalue weighted by Gasteiger charge is 2.36. The minimum atomic E-state index is -3.83. The second-order valence-corrected chi connectivity index (χ2v) is 18.3. The summed E-state index contributed by atoms with van der Waals surface area (Å²) in [7, 11) is -3.83. The van der Waals surface area contributed by atoms with Gasteiger partial charge >= 0.3 is 6.09 Å². The van der Waals surface area contributed by atoms with Crippen LogP contribution in [0.4, 0.5) is 27.8 Å². The molecule has 4 fully saturated rings. The highest BCUT2D eigenvalue weighted by Crippen LogP contribution is 2.33. The number of piperazine rings is 2. The van der Waals surface area contributed by atoms with Crippen molar-refractivity contribution in [1.82, 2.24) is 24.7 Å². The lowest BCUT2D eigenvalue weighted by Crippen LogP contribution is -2.59. The van der Waals surface area contributed by atoms with E-state index in [-0.39, 0.29) is 11.8 Å². The molecule has 0 spiro atoms. The van der Waals surface area contributed by atoms with Gasteiger partial charge in [-0.15, -0.1) is 0 Å². The molecule has 3 aliphatic heterocycles. The number of pyridine rings is 2. The fraction of sp³-hybridized carbons (Fsp3) is 0.711. The van der Waals surface area contributed by atoms with Crippen LogP contribution in [0.2, 0.25) is 10.0 Å². The molecule has 1 amide bonds. The van der Waals surface area contributed by atoms with E-state index in [1.165, 1.54) is 38.3 Å². The van der Waals surface area contributed by atoms with Gasteiger partial charge in [0.25, 0.3) is 10.2 Å². The SMILES string of the molecule is CC[C@H]1CN(c2ncc(N)cc2Cl)CCN1C1CCN(C(=O)OC(C)(C)C)CC1.CC[C@H]1CN(c2ncc(NS(N)(=O)=O)cc2Cl)CCN1C1CCCCC1. The van der Waals surface area contributed by atoms with Gasteiger partial charge in [0.05, 0.1) is 33.8 Å². The van der Waals surface area contributed by atoms with E-state index >= 15 is 0 Å². The van der Waals surface area contributed by atoms with Crippen LogP contribution in [-0.4, -0.2) is 121 Å². The molecule has 5 heterocycles. The molecule has 0 unspecified atom stereocenters. The van der Waals surface area contributed by atoms with Crippen LogP contribution in [0.1, 0.15) is 92.4 Å². The van der Waals surface area contributed by atoms with Crippen LogP contribution in [0.3, 0.4) is 0 Å². The Morgan fingerprint density at radius 1 is 0.818 bits per heavy atom. The average Bonchev–Trinajstić information content (AvgIpc) is 3.14. The predicted octanol–water partition coefficient (Wildman–Crippen LogP) is 6.20. The molecule has 3 saturated heterocycles. The standard InChI is InChI=1S/C21H34ClN5O2.C17H28ClN5O2S/c1-5-16-14-26(19-18(22)12-15(23)13-24-19)10-11-27(16)17-6-8-25(9-7-17)20(28)29-21(2,3)4;1-2-14-12-22(8-9-23(14)15-6-4-3-5-7-15)17-16(18)10-13(11-20-17)21-26(19,24)25/h12-13,16-17H,5-11,14,23H2,1-4H3;10-11,14-15,21H,2-9,12H2,1H3,(H2,19,24,25)/t16-;14-/m00/s1. The van der Waals surface area contributed by atoms with E-state index in [9.17, 15) is 13.2 Å². The zero-order valence-corrected chi connectivity index (χ0v) is 35.6. The largest absolute Gasteiger partial charge is 0.444 e. The number of nitrogen functional groups attached to an aromatic ring is 1. The maximum atomic E-state index is 12.3. The smallest absolute Gasteiger partial charge is 0.410 e. The Hall–Kier alpha value is -2.82. The van der Waals surface area contributed by atoms with Gasteiger partial charge in [0.2, 0.25) is 0 Å². The Bertz CT molecular complexity index is 1690. The second-order valence-electron chi connectivity index (χ2n) is 16.2. The van der Waals surface area contributed by atoms with Crippen LogP contribution in [-0.2, 0) is 14.9 Å². The Morgan fingerprint density at radius 3 is 1.80 bits per heavy atom. The quantitative estimate of drug-likeness (QED) is 0.278. The van der Waals surface area contributed by atoms with Gasteiger partial charge in [0, 0.05) is 76.5 Å². The molecular weight excluding hydrogens is 763 g/mol. The molecule has 2 aromatic heterocycles. The lowest BCUT2D eigenvalue weighted by atomic mass is 9.92. The maximum absolute atomic E-state index is 12.3. The highest BCUT2D eigenvalue weighted by molar-refractivity contribution is 7.90. The first-order valence-corrected chi connectivity index (χ1v) is 22.2. The van der Waals surface area contributed by atoms with E-state index < -0.39 is 15.8 Å². The van der Waals surface area contributed by atoms with E-state index in [0.29, 0.717) is 45.7 Å². The molecule has 1 saturated carbocycles. The topological polar surface area (TPSA) is 166 Å². The number of hydrogen-bond acceptors (Lipinski definition) is 11. The number of hydrogen-bond donors (Lipinski definition) is 3. The van der Waals surface area contributed by atoms with E-state index in [4.69, 9.17) is 38.8 Å². The number of amides is 1. The van der Waals surface area contributed by atoms with Crippen LogP contribution in [0.5, 0.6) is 0 Å². The lowest BCUT2D eigenvalue weighted by molar-refractivity contribution is 0.00944. The van der Waals surface area contributed by atoms with E-state index in [1.807, 2.05) is 25.7 Å². The summed E-state index contributed by atoms with van der Waals surface area (Å²) in [6.07, 6.45) is 13.7. The summed E-state index contributed by atoms with van der Waals surface area (Å²) in [6, 6.07) is 5.47. The molecule has 14 nitrogen and oxygen atoms in total. The molecule has 2 atom stereocenters. The Labute approximate surface area is 338 Å². The van der Waals surface area contributed by atoms with Crippen molar-refractivity contribution in [3.05, 3.63) is 34.6 Å². The van der Waals surface area contributed by atoms with Crippen LogP contribution >= 0.6 is 23.2 Å². The third kappa shape index (κ3) is 12.1. The number of nitrogens with two attached hydrogens (primary N) is 2. The molecule has 17 heteroatoms. The van der Waals surface area contributed by atoms with Gasteiger partial charge in [-0.2, -0.15) is 8.42 Å². The third-order valence-corrected chi connectivity index (χ3v) is 12.2. The summed E-state index contributed by atoms with van der Waals surface area (Å²) in [5.74, 6) is 1.52. The van der Waals surface area contributed by atoms with Gasteiger partial charge in [-0.1, -0.05) is 56.3 Å². The van der Waals surface area contributed by atoms with Crippen LogP contribution in [0, 0.1) is 0 Å². The number of anilines is 4. The molecule has 4 aliphatic rings. The summed E-state index contributed by atoms with van der Waals surface area (Å²) >= 11 is 12.8. The molecule has 6 rings (SSSR count). The van der Waals surface area contributed by atoms with E-state index in [0.717, 1.165) is 83.9 Å². The molecule has 0 aromatic carbocycles. The number of aromatic nitrogens is 2. The van der Waals surface area contributed by atoms with Crippen molar-refractivity contribution in [2.24, 2.45) is 5.14 Å². The monoisotopic (exact) mass is 824 g/mol. The van der Waals surface area contributed by atoms with Crippen molar-refractivity contribution in [1.29, 1.82) is 0 Å². The van der Waals surface area contributed by atoms with E-state index in [2.05, 4.69) is 48.1 Å². The molecule has 308 valence electrons. The number of carbonyl (C=O) groups is 1. The zero-order chi connectivity index (χ0) is 39.9. The first-order valence-electron chi connectivity index (χ1n) is 19.9. The summed E-state index contributed by atoms with van der Waals surface area (Å²) in [5, 5.41) is 6.04. The molecule has 55 heavy (non-hydrogen) atoms. The number of likely N-dealkylation sites (tertiary alicyclic amines) is 1. The first-order chi connectivity index (χ1) is 26.0. The molecule has 5 N–H and O–H groups in total. The Morgan fingerprint density at radius 2 is 1.33 bits per heavy atom. The fourth-order valence-corrected chi connectivity index (χ4v) is 9.51. The summed E-state index contributed by atoms with van der Waals surface area (Å²) in [4.78, 5) is 32.8. The van der Waals surface area contributed by atoms with Gasteiger partial charge in [0.15, 0.2) is 0 Å². The molecular formula is C38H62Cl2N10O4S. The van der Waals surface area contributed by atoms with E-state index in [1.54, 1.807) is 18.3 Å². The number of carbonyl (C=O) groups excluding carboxylic acids is 1. The van der Waals surface area contributed by atoms with Gasteiger partial charge in [-0.25, -0.2) is 19.9 Å². The second kappa shape index (κ2) is 19.1. The number of ether oxygens (including phenoxy) is 1. The van der Waals surface area contributed by atoms with Crippen molar-refractivity contribution in [3.8, 4) is 0 Å². The summed E-state index contributed by atoms with van der Waals surface area (Å²) in [5.41, 5.74) is 6.19. The Balaban J connectivity index is 0.000000212. The molecule has 2 aromatic rings. The molecule has 1 aliphatic carbocycles. The maximum Gasteiger partial charge on any atom is 0.410 e. The van der Waals surface area contributed by atoms with Gasteiger partial charge in [0.1, 0.15) is 17.2 Å². The predicted molar refractivity (Wildman–Crippen MR) is 223 cm³/mol. The molecule has 0 radical (unpaired) electrons. The van der Waals surface area contributed by atoms with Gasteiger partial charge in [-0.3, -0.25) is 14.5 Å². The summed E-state index contributed by atoms with van der Waals surface area (Å²) in [6.45, 7) is 17.2. The first kappa shape index (κ1) is 43.3. The van der Waals surface area contributed by atoms with Crippen molar-refractivity contribution in [3.63, 3.8) is 0 Å². The van der Waals surface area contributed by atoms with Crippen molar-refractivity contribution >= 4 is 62.5 Å². The number of piperidine rings is 1. The van der Waals surface area contributed by atoms with Gasteiger partial charge < -0.3 is 25.2 Å². The minimum absolute atomic E-state index is 0.197. The van der Waals surface area contributed by atoms with Crippen LogP contribution in [0.15, 0.2) is 24.5 Å². The number of nitrogens with zero attached hydrogens (tertiary/aromatic N) is 7. The zero-order valence-electron chi connectivity index (χ0n) is 33.2. The van der Waals surface area contributed by atoms with Crippen molar-refractivity contribution < 1.29 is 17.9 Å². The number of nitrogens with one attached hydrogen (secondary N) is 1. The summed E-state index contributed by atoms with van der Waals surface area (Å²) < 4.78 is 30.0. The minimum Gasteiger partial charge on any atom is -0.444 e. The highest BCUT2D eigenvalue weighted by atomic mass is 35.5. The number of rotatable bonds is 8. The average molecular weight is 826 g/mol. The van der Waals surface area contributed by atoms with Crippen LogP contribution < -0.4 is 25.4 Å². The van der Waals surface area contributed by atoms with Crippen molar-refractivity contribution in [2.75, 3.05) is 72.6 Å². The van der Waals surface area contributed by atoms with Gasteiger partial charge in [-0.05, 0) is 71.4 Å². The third-order valence-electron chi connectivity index (χ3n) is 11.2. The van der Waals surface area contributed by atoms with Crippen LogP contribution in [0.25, 0.3) is 0 Å². The Kier molecular flexibility index (Phi) is 15.0. The fourth-order valence-electron chi connectivity index (χ4n) is 8.49. The molecule has 0 bridgehead atoms. The van der Waals surface area contributed by atoms with Crippen molar-refractivity contribution in [2.45, 2.75) is 122 Å². The lowest BCUT2D eigenvalue weighted by Gasteiger charge is -2.47.